The van der Waals surface area contributed by atoms with E-state index in [0.29, 0.717) is 23.3 Å². The maximum atomic E-state index is 14.9. The molecule has 27 nitrogen and oxygen atoms in total. The molecule has 2 fully saturated rings. The number of alkyl carbamates (subject to hydrolysis) is 4. The lowest BCUT2D eigenvalue weighted by atomic mass is 9.83. The highest BCUT2D eigenvalue weighted by Gasteiger charge is 2.57. The first kappa shape index (κ1) is 84.7. The van der Waals surface area contributed by atoms with E-state index in [0.717, 1.165) is 28.8 Å². The summed E-state index contributed by atoms with van der Waals surface area (Å²) in [6.45, 7) is 7.61. The van der Waals surface area contributed by atoms with E-state index in [4.69, 9.17) is 67.0 Å². The van der Waals surface area contributed by atoms with Crippen LogP contribution in [0.15, 0.2) is 237 Å². The van der Waals surface area contributed by atoms with Crippen molar-refractivity contribution in [2.45, 2.75) is 183 Å². The number of nitrogens with one attached hydrogen (secondary N) is 5. The van der Waals surface area contributed by atoms with Crippen LogP contribution in [-0.2, 0) is 92.5 Å². The number of esters is 1. The Morgan fingerprint density at radius 3 is 1.44 bits per heavy atom. The number of aliphatic hydroxyl groups is 2. The van der Waals surface area contributed by atoms with Crippen molar-refractivity contribution < 1.29 is 100 Å². The molecule has 7 aromatic carbocycles. The van der Waals surface area contributed by atoms with Gasteiger partial charge in [-0.1, -0.05) is 259 Å². The SMILES string of the molecule is CCCCOC[C@@H]1C=C[C@@H](NC(=O)OCc2ccccc2)[C@@H](O[C@H]2[C@H](O[C@@H]3O[C@H](CO[Si](c4ccccc4)(c4ccccc4)C(C)(C)C)[C@@H](O[C@H]4O[C@@H](CNC(=O)OCc5ccccc5)C=C[C@H]4NC(=O)OCc4ccccc4)[C@H]3O)[C@@H](O)[C@H](NC(=O)[C@H](CCN)OC(=O)c3ccccc3)C[C@@H]2NC(=O)OCc2ccccc2)O1. The van der Waals surface area contributed by atoms with Gasteiger partial charge < -0.3 is 104 Å². The fourth-order valence-electron chi connectivity index (χ4n) is 13.9. The zero-order valence-corrected chi connectivity index (χ0v) is 65.2. The lowest BCUT2D eigenvalue weighted by molar-refractivity contribution is -0.284. The number of carbonyl (C=O) groups excluding carboxylic acids is 6. The zero-order valence-electron chi connectivity index (χ0n) is 64.2. The van der Waals surface area contributed by atoms with E-state index >= 15 is 0 Å². The van der Waals surface area contributed by atoms with Gasteiger partial charge in [-0.3, -0.25) is 4.79 Å². The standard InChI is InChI=1S/C86H102N6O21Si/c1-5-6-48-101-55-63-43-45-67(91-84(99)104-53-59-32-18-9-19-33-59)80(108-63)111-74-69(92-85(100)105-54-60-34-20-10-21-35-60)49-68(89-77(95)70(46-47-87)109-78(96)61-36-22-11-23-37-61)72(93)76(74)113-81-73(94)75(71(110-81)56-106-114(86(2,3)4,64-38-24-12-25-39-64)65-40-26-13-27-41-65)112-79-66(90-83(98)103-52-58-30-16-8-17-31-58)44-42-62(107-79)50-88-82(97)102-51-57-28-14-7-15-29-57/h7-45,62-63,66-76,79-81,93-94H,5-6,46-56,87H2,1-4H3,(H,88,97)(H,89,95)(H,90,98)(H,91,99)(H,92,100)/t62-,63+,66-,67-,68-,69+,70+,71-,72+,73-,74-,75-,76-,79-,80-,81+/m1/s1. The Labute approximate surface area is 664 Å². The van der Waals surface area contributed by atoms with E-state index in [1.165, 1.54) is 12.1 Å². The molecular formula is C86H102N6O21Si. The summed E-state index contributed by atoms with van der Waals surface area (Å²) >= 11 is 0. The third kappa shape index (κ3) is 23.7. The summed E-state index contributed by atoms with van der Waals surface area (Å²) in [6.07, 6.45) is -14.4. The van der Waals surface area contributed by atoms with Crippen molar-refractivity contribution in [2.75, 3.05) is 32.9 Å². The maximum Gasteiger partial charge on any atom is 0.408 e. The molecule has 4 aliphatic rings. The van der Waals surface area contributed by atoms with Gasteiger partial charge in [0.25, 0.3) is 14.2 Å². The molecule has 0 spiro atoms. The summed E-state index contributed by atoms with van der Waals surface area (Å²) in [6, 6.07) is 58.4. The van der Waals surface area contributed by atoms with Gasteiger partial charge in [0.2, 0.25) is 0 Å². The van der Waals surface area contributed by atoms with Crippen LogP contribution in [0.3, 0.4) is 0 Å². The van der Waals surface area contributed by atoms with Gasteiger partial charge >= 0.3 is 30.3 Å². The van der Waals surface area contributed by atoms with E-state index in [1.54, 1.807) is 121 Å². The number of rotatable bonds is 35. The third-order valence-electron chi connectivity index (χ3n) is 19.7. The van der Waals surface area contributed by atoms with Gasteiger partial charge in [-0.05, 0) is 69.2 Å². The Morgan fingerprint density at radius 1 is 0.500 bits per heavy atom. The first-order valence-electron chi connectivity index (χ1n) is 38.5. The number of unbranched alkanes of at least 4 members (excludes halogenated alkanes) is 1. The molecule has 114 heavy (non-hydrogen) atoms. The van der Waals surface area contributed by atoms with Crippen LogP contribution >= 0.6 is 0 Å². The van der Waals surface area contributed by atoms with Crippen LogP contribution < -0.4 is 42.7 Å². The van der Waals surface area contributed by atoms with Gasteiger partial charge in [0.15, 0.2) is 25.0 Å². The van der Waals surface area contributed by atoms with Crippen molar-refractivity contribution >= 4 is 54.9 Å². The number of hydrogen-bond donors (Lipinski definition) is 8. The minimum atomic E-state index is -3.53. The fourth-order valence-corrected chi connectivity index (χ4v) is 18.5. The average molecular weight is 1580 g/mol. The summed E-state index contributed by atoms with van der Waals surface area (Å²) < 4.78 is 84.1. The summed E-state index contributed by atoms with van der Waals surface area (Å²) in [5.41, 5.74) is 9.03. The molecule has 1 aliphatic carbocycles. The molecule has 9 N–H and O–H groups in total. The molecule has 606 valence electrons. The molecule has 7 aromatic rings. The van der Waals surface area contributed by atoms with E-state index in [1.807, 2.05) is 110 Å². The second-order valence-electron chi connectivity index (χ2n) is 29.0. The number of benzene rings is 7. The Balaban J connectivity index is 0.986. The van der Waals surface area contributed by atoms with Crippen molar-refractivity contribution in [2.24, 2.45) is 5.73 Å². The topological polar surface area (TPSA) is 349 Å². The van der Waals surface area contributed by atoms with Crippen LogP contribution in [0, 0.1) is 0 Å². The minimum Gasteiger partial charge on any atom is -0.449 e. The Morgan fingerprint density at radius 2 is 0.947 bits per heavy atom. The lowest BCUT2D eigenvalue weighted by Crippen LogP contribution is -2.68. The summed E-state index contributed by atoms with van der Waals surface area (Å²) in [5.74, 6) is -1.73. The van der Waals surface area contributed by atoms with Gasteiger partial charge in [0.05, 0.1) is 43.5 Å². The second kappa shape index (κ2) is 42.3. The van der Waals surface area contributed by atoms with Crippen molar-refractivity contribution in [3.8, 4) is 0 Å². The number of ether oxygens (including phenoxy) is 12. The predicted molar refractivity (Wildman–Crippen MR) is 421 cm³/mol. The number of nitrogens with two attached hydrogens (primary N) is 1. The van der Waals surface area contributed by atoms with Crippen LogP contribution in [0.1, 0.15) is 86.0 Å². The largest absolute Gasteiger partial charge is 0.449 e. The Kier molecular flexibility index (Phi) is 31.4. The third-order valence-corrected chi connectivity index (χ3v) is 24.7. The highest BCUT2D eigenvalue weighted by Crippen LogP contribution is 2.40. The first-order valence-corrected chi connectivity index (χ1v) is 40.4. The normalized spacial score (nSPS) is 24.2. The first-order chi connectivity index (χ1) is 55.3. The van der Waals surface area contributed by atoms with Gasteiger partial charge in [0, 0.05) is 13.0 Å². The molecule has 3 aliphatic heterocycles. The lowest BCUT2D eigenvalue weighted by Gasteiger charge is -2.47. The molecule has 0 radical (unpaired) electrons. The van der Waals surface area contributed by atoms with Crippen molar-refractivity contribution in [1.82, 2.24) is 26.6 Å². The molecule has 1 saturated carbocycles. The minimum absolute atomic E-state index is 0.0261. The maximum absolute atomic E-state index is 14.9. The van der Waals surface area contributed by atoms with E-state index in [9.17, 15) is 39.0 Å². The summed E-state index contributed by atoms with van der Waals surface area (Å²) in [7, 11) is -3.53. The van der Waals surface area contributed by atoms with Crippen LogP contribution in [0.25, 0.3) is 0 Å². The molecule has 0 aromatic heterocycles. The van der Waals surface area contributed by atoms with Crippen molar-refractivity contribution in [3.05, 3.63) is 264 Å². The number of aliphatic hydroxyl groups excluding tert-OH is 2. The smallest absolute Gasteiger partial charge is 0.408 e. The van der Waals surface area contributed by atoms with E-state index < -0.39 is 148 Å². The number of carbonyl (C=O) groups is 6. The zero-order chi connectivity index (χ0) is 80.2. The molecule has 3 heterocycles. The van der Waals surface area contributed by atoms with Gasteiger partial charge in [-0.2, -0.15) is 0 Å². The Bertz CT molecular complexity index is 4160. The highest BCUT2D eigenvalue weighted by atomic mass is 28.4. The molecule has 28 heteroatoms. The van der Waals surface area contributed by atoms with Crippen LogP contribution in [0.2, 0.25) is 5.04 Å². The molecule has 16 atom stereocenters. The van der Waals surface area contributed by atoms with E-state index in [-0.39, 0.29) is 71.1 Å². The van der Waals surface area contributed by atoms with Gasteiger partial charge in [0.1, 0.15) is 81.2 Å². The average Bonchev–Trinajstić information content (AvgIpc) is 0.980. The Hall–Kier alpha value is -10.2. The molecule has 0 unspecified atom stereocenters. The predicted octanol–water partition coefficient (Wildman–Crippen LogP) is 8.82. The molecule has 0 bridgehead atoms. The quantitative estimate of drug-likeness (QED) is 0.00604. The number of amides is 5. The van der Waals surface area contributed by atoms with Crippen molar-refractivity contribution in [3.63, 3.8) is 0 Å². The van der Waals surface area contributed by atoms with Crippen molar-refractivity contribution in [1.29, 1.82) is 0 Å². The number of hydrogen-bond acceptors (Lipinski definition) is 22. The van der Waals surface area contributed by atoms with Crippen LogP contribution in [-0.4, -0.2) is 186 Å². The van der Waals surface area contributed by atoms with Crippen LogP contribution in [0.4, 0.5) is 19.2 Å². The highest BCUT2D eigenvalue weighted by molar-refractivity contribution is 6.99. The van der Waals surface area contributed by atoms with Gasteiger partial charge in [-0.15, -0.1) is 0 Å². The second-order valence-corrected chi connectivity index (χ2v) is 33.3. The molecule has 5 amide bonds. The fraction of sp³-hybridized carbons (Fsp3) is 0.395. The molecule has 1 saturated heterocycles. The summed E-state index contributed by atoms with van der Waals surface area (Å²) in [4.78, 5) is 84.7. The summed E-state index contributed by atoms with van der Waals surface area (Å²) in [5, 5.41) is 42.3. The monoisotopic (exact) mass is 1580 g/mol. The van der Waals surface area contributed by atoms with Gasteiger partial charge in [-0.25, -0.2) is 24.0 Å². The van der Waals surface area contributed by atoms with Crippen LogP contribution in [0.5, 0.6) is 0 Å². The van der Waals surface area contributed by atoms with E-state index in [2.05, 4.69) is 47.4 Å². The molecular weight excluding hydrogens is 1480 g/mol. The molecule has 11 rings (SSSR count).